The summed E-state index contributed by atoms with van der Waals surface area (Å²) < 4.78 is 5.93. The van der Waals surface area contributed by atoms with Gasteiger partial charge in [-0.2, -0.15) is 0 Å². The predicted octanol–water partition coefficient (Wildman–Crippen LogP) is 1.69. The highest BCUT2D eigenvalue weighted by Crippen LogP contribution is 2.27. The van der Waals surface area contributed by atoms with Gasteiger partial charge in [-0.1, -0.05) is 12.1 Å². The van der Waals surface area contributed by atoms with Crippen molar-refractivity contribution in [2.75, 3.05) is 32.0 Å². The van der Waals surface area contributed by atoms with E-state index < -0.39 is 0 Å². The van der Waals surface area contributed by atoms with E-state index in [1.54, 1.807) is 0 Å². The second kappa shape index (κ2) is 5.72. The van der Waals surface area contributed by atoms with Crippen LogP contribution in [0.15, 0.2) is 18.2 Å². The SMILES string of the molecule is CC(C)N1CCOC(CN2Cc3cccc(N)c3C2)C1. The van der Waals surface area contributed by atoms with Gasteiger partial charge in [-0.15, -0.1) is 0 Å². The van der Waals surface area contributed by atoms with Crippen LogP contribution in [0.3, 0.4) is 0 Å². The number of nitrogens with zero attached hydrogens (tertiary/aromatic N) is 2. The lowest BCUT2D eigenvalue weighted by Gasteiger charge is -2.37. The highest BCUT2D eigenvalue weighted by molar-refractivity contribution is 5.52. The van der Waals surface area contributed by atoms with E-state index in [2.05, 4.69) is 35.8 Å². The molecule has 0 bridgehead atoms. The molecule has 0 saturated carbocycles. The quantitative estimate of drug-likeness (QED) is 0.853. The second-order valence-electron chi connectivity index (χ2n) is 6.24. The largest absolute Gasteiger partial charge is 0.398 e. The van der Waals surface area contributed by atoms with Crippen molar-refractivity contribution < 1.29 is 4.74 Å². The van der Waals surface area contributed by atoms with Crippen molar-refractivity contribution in [1.82, 2.24) is 9.80 Å². The van der Waals surface area contributed by atoms with E-state index in [0.29, 0.717) is 12.1 Å². The van der Waals surface area contributed by atoms with Crippen LogP contribution in [0.4, 0.5) is 5.69 Å². The van der Waals surface area contributed by atoms with E-state index in [4.69, 9.17) is 10.5 Å². The zero-order chi connectivity index (χ0) is 14.1. The fraction of sp³-hybridized carbons (Fsp3) is 0.625. The molecule has 0 amide bonds. The first kappa shape index (κ1) is 13.9. The first-order valence-corrected chi connectivity index (χ1v) is 7.57. The van der Waals surface area contributed by atoms with Crippen LogP contribution in [-0.2, 0) is 17.8 Å². The molecular formula is C16H25N3O. The van der Waals surface area contributed by atoms with Crippen molar-refractivity contribution in [3.05, 3.63) is 29.3 Å². The molecule has 1 aromatic rings. The van der Waals surface area contributed by atoms with Crippen molar-refractivity contribution in [1.29, 1.82) is 0 Å². The van der Waals surface area contributed by atoms with Gasteiger partial charge >= 0.3 is 0 Å². The molecule has 1 saturated heterocycles. The maximum Gasteiger partial charge on any atom is 0.0829 e. The number of hydrogen-bond acceptors (Lipinski definition) is 4. The summed E-state index contributed by atoms with van der Waals surface area (Å²) >= 11 is 0. The van der Waals surface area contributed by atoms with E-state index in [1.165, 1.54) is 11.1 Å². The maximum absolute atomic E-state index is 6.06. The molecule has 2 aliphatic heterocycles. The average Bonchev–Trinajstić information content (AvgIpc) is 2.83. The number of rotatable bonds is 3. The second-order valence-corrected chi connectivity index (χ2v) is 6.24. The van der Waals surface area contributed by atoms with Gasteiger partial charge in [-0.3, -0.25) is 9.80 Å². The Kier molecular flexibility index (Phi) is 3.96. The van der Waals surface area contributed by atoms with Crippen LogP contribution in [-0.4, -0.2) is 48.2 Å². The Hall–Kier alpha value is -1.10. The van der Waals surface area contributed by atoms with E-state index in [0.717, 1.165) is 45.0 Å². The van der Waals surface area contributed by atoms with Crippen molar-refractivity contribution in [2.45, 2.75) is 39.1 Å². The van der Waals surface area contributed by atoms with Crippen LogP contribution in [0.5, 0.6) is 0 Å². The molecule has 1 fully saturated rings. The zero-order valence-corrected chi connectivity index (χ0v) is 12.5. The molecule has 4 heteroatoms. The number of fused-ring (bicyclic) bond motifs is 1. The summed E-state index contributed by atoms with van der Waals surface area (Å²) in [4.78, 5) is 4.96. The Bertz CT molecular complexity index is 475. The van der Waals surface area contributed by atoms with Gasteiger partial charge in [0.1, 0.15) is 0 Å². The van der Waals surface area contributed by atoms with Crippen LogP contribution >= 0.6 is 0 Å². The topological polar surface area (TPSA) is 41.7 Å². The molecule has 0 aromatic heterocycles. The molecule has 1 atom stereocenters. The molecule has 110 valence electrons. The molecule has 4 nitrogen and oxygen atoms in total. The van der Waals surface area contributed by atoms with Gasteiger partial charge in [0.05, 0.1) is 12.7 Å². The summed E-state index contributed by atoms with van der Waals surface area (Å²) in [7, 11) is 0. The minimum absolute atomic E-state index is 0.321. The highest BCUT2D eigenvalue weighted by atomic mass is 16.5. The molecule has 0 spiro atoms. The predicted molar refractivity (Wildman–Crippen MR) is 81.4 cm³/mol. The highest BCUT2D eigenvalue weighted by Gasteiger charge is 2.27. The van der Waals surface area contributed by atoms with Crippen LogP contribution in [0.25, 0.3) is 0 Å². The standard InChI is InChI=1S/C16H25N3O/c1-12(2)19-6-7-20-14(10-19)9-18-8-13-4-3-5-16(17)15(13)11-18/h3-5,12,14H,6-11,17H2,1-2H3. The number of ether oxygens (including phenoxy) is 1. The number of benzene rings is 1. The third-order valence-corrected chi connectivity index (χ3v) is 4.45. The molecule has 0 aliphatic carbocycles. The minimum atomic E-state index is 0.321. The van der Waals surface area contributed by atoms with Gasteiger partial charge in [-0.25, -0.2) is 0 Å². The Morgan fingerprint density at radius 3 is 2.95 bits per heavy atom. The van der Waals surface area contributed by atoms with Gasteiger partial charge < -0.3 is 10.5 Å². The first-order chi connectivity index (χ1) is 9.63. The van der Waals surface area contributed by atoms with Crippen molar-refractivity contribution >= 4 is 5.69 Å². The minimum Gasteiger partial charge on any atom is -0.398 e. The third-order valence-electron chi connectivity index (χ3n) is 4.45. The first-order valence-electron chi connectivity index (χ1n) is 7.57. The molecular weight excluding hydrogens is 250 g/mol. The lowest BCUT2D eigenvalue weighted by atomic mass is 10.1. The van der Waals surface area contributed by atoms with Crippen molar-refractivity contribution in [3.8, 4) is 0 Å². The van der Waals surface area contributed by atoms with E-state index in [1.807, 2.05) is 6.07 Å². The fourth-order valence-electron chi connectivity index (χ4n) is 3.25. The normalized spacial score (nSPS) is 24.2. The number of hydrogen-bond donors (Lipinski definition) is 1. The summed E-state index contributed by atoms with van der Waals surface area (Å²) in [6.07, 6.45) is 0.321. The molecule has 20 heavy (non-hydrogen) atoms. The van der Waals surface area contributed by atoms with Crippen LogP contribution in [0.1, 0.15) is 25.0 Å². The summed E-state index contributed by atoms with van der Waals surface area (Å²) in [5.74, 6) is 0. The van der Waals surface area contributed by atoms with Crippen LogP contribution in [0.2, 0.25) is 0 Å². The van der Waals surface area contributed by atoms with Gasteiger partial charge in [-0.05, 0) is 31.0 Å². The molecule has 2 N–H and O–H groups in total. The number of anilines is 1. The summed E-state index contributed by atoms with van der Waals surface area (Å²) in [5.41, 5.74) is 9.68. The molecule has 1 unspecified atom stereocenters. The summed E-state index contributed by atoms with van der Waals surface area (Å²) in [5, 5.41) is 0. The molecule has 3 rings (SSSR count). The zero-order valence-electron chi connectivity index (χ0n) is 12.5. The Morgan fingerprint density at radius 2 is 2.20 bits per heavy atom. The van der Waals surface area contributed by atoms with Gasteiger partial charge in [0.25, 0.3) is 0 Å². The van der Waals surface area contributed by atoms with E-state index >= 15 is 0 Å². The summed E-state index contributed by atoms with van der Waals surface area (Å²) in [6, 6.07) is 6.84. The monoisotopic (exact) mass is 275 g/mol. The van der Waals surface area contributed by atoms with E-state index in [-0.39, 0.29) is 0 Å². The smallest absolute Gasteiger partial charge is 0.0829 e. The van der Waals surface area contributed by atoms with Gasteiger partial charge in [0.2, 0.25) is 0 Å². The lowest BCUT2D eigenvalue weighted by molar-refractivity contribution is -0.0527. The number of morpholine rings is 1. The Balaban J connectivity index is 1.59. The van der Waals surface area contributed by atoms with Crippen molar-refractivity contribution in [3.63, 3.8) is 0 Å². The van der Waals surface area contributed by atoms with Gasteiger partial charge in [0.15, 0.2) is 0 Å². The van der Waals surface area contributed by atoms with Crippen LogP contribution < -0.4 is 5.73 Å². The van der Waals surface area contributed by atoms with Gasteiger partial charge in [0, 0.05) is 44.5 Å². The number of nitrogen functional groups attached to an aromatic ring is 1. The van der Waals surface area contributed by atoms with Crippen molar-refractivity contribution in [2.24, 2.45) is 0 Å². The lowest BCUT2D eigenvalue weighted by Crippen LogP contribution is -2.49. The number of nitrogens with two attached hydrogens (primary N) is 1. The fourth-order valence-corrected chi connectivity index (χ4v) is 3.25. The average molecular weight is 275 g/mol. The van der Waals surface area contributed by atoms with E-state index in [9.17, 15) is 0 Å². The molecule has 2 aliphatic rings. The molecule has 1 aromatic carbocycles. The third kappa shape index (κ3) is 2.82. The Morgan fingerprint density at radius 1 is 1.35 bits per heavy atom. The molecule has 2 heterocycles. The Labute approximate surface area is 121 Å². The maximum atomic E-state index is 6.06. The summed E-state index contributed by atoms with van der Waals surface area (Å²) in [6.45, 7) is 10.4. The molecule has 0 radical (unpaired) electrons. The van der Waals surface area contributed by atoms with Crippen LogP contribution in [0, 0.1) is 0 Å².